The molecule has 0 atom stereocenters. The van der Waals surface area contributed by atoms with Gasteiger partial charge in [-0.05, 0) is 19.1 Å². The first-order chi connectivity index (χ1) is 9.93. The first-order valence-electron chi connectivity index (χ1n) is 5.84. The van der Waals surface area contributed by atoms with Gasteiger partial charge in [-0.2, -0.15) is 0 Å². The highest BCUT2D eigenvalue weighted by molar-refractivity contribution is 5.75. The standard InChI is InChI=1S/C7H5NO3.C7H7NO2/c9-5-6-1-3-7(4-2-6)8(10)11;1-6-2-4-7(5-3-6)8(9)10/h1-5H;2-5H,1H3. The summed E-state index contributed by atoms with van der Waals surface area (Å²) >= 11 is 0. The van der Waals surface area contributed by atoms with Crippen molar-refractivity contribution in [2.24, 2.45) is 0 Å². The van der Waals surface area contributed by atoms with Gasteiger partial charge in [-0.1, -0.05) is 17.7 Å². The van der Waals surface area contributed by atoms with Gasteiger partial charge in [0.1, 0.15) is 6.29 Å². The van der Waals surface area contributed by atoms with Crippen molar-refractivity contribution in [2.45, 2.75) is 6.92 Å². The van der Waals surface area contributed by atoms with Gasteiger partial charge in [0.05, 0.1) is 9.85 Å². The van der Waals surface area contributed by atoms with Crippen molar-refractivity contribution in [3.8, 4) is 0 Å². The predicted molar refractivity (Wildman–Crippen MR) is 76.3 cm³/mol. The van der Waals surface area contributed by atoms with Crippen LogP contribution in [0.4, 0.5) is 11.4 Å². The summed E-state index contributed by atoms with van der Waals surface area (Å²) in [5.41, 5.74) is 1.61. The van der Waals surface area contributed by atoms with E-state index in [0.717, 1.165) is 5.56 Å². The summed E-state index contributed by atoms with van der Waals surface area (Å²) in [5, 5.41) is 20.2. The molecule has 2 aromatic carbocycles. The summed E-state index contributed by atoms with van der Waals surface area (Å²) in [4.78, 5) is 29.4. The Hall–Kier alpha value is -3.09. The van der Waals surface area contributed by atoms with E-state index in [1.807, 2.05) is 6.92 Å². The molecule has 0 spiro atoms. The third-order valence-corrected chi connectivity index (χ3v) is 2.48. The maximum absolute atomic E-state index is 10.1. The number of non-ortho nitro benzene ring substituents is 2. The van der Waals surface area contributed by atoms with Crippen LogP contribution in [0.25, 0.3) is 0 Å². The molecule has 0 radical (unpaired) electrons. The van der Waals surface area contributed by atoms with E-state index in [2.05, 4.69) is 0 Å². The quantitative estimate of drug-likeness (QED) is 0.489. The van der Waals surface area contributed by atoms with E-state index in [1.54, 1.807) is 12.1 Å². The molecule has 7 nitrogen and oxygen atoms in total. The van der Waals surface area contributed by atoms with E-state index in [0.29, 0.717) is 11.8 Å². The highest BCUT2D eigenvalue weighted by Crippen LogP contribution is 2.10. The van der Waals surface area contributed by atoms with Gasteiger partial charge in [0.15, 0.2) is 0 Å². The predicted octanol–water partition coefficient (Wildman–Crippen LogP) is 3.31. The zero-order chi connectivity index (χ0) is 15.8. The Morgan fingerprint density at radius 2 is 1.19 bits per heavy atom. The smallest absolute Gasteiger partial charge is 0.269 e. The Bertz CT molecular complexity index is 635. The van der Waals surface area contributed by atoms with Crippen molar-refractivity contribution < 1.29 is 14.6 Å². The molecule has 0 unspecified atom stereocenters. The number of carbonyl (C=O) groups excluding carboxylic acids is 1. The van der Waals surface area contributed by atoms with Crippen LogP contribution in [-0.2, 0) is 0 Å². The van der Waals surface area contributed by atoms with Gasteiger partial charge in [-0.3, -0.25) is 25.0 Å². The molecule has 21 heavy (non-hydrogen) atoms. The molecule has 0 fully saturated rings. The lowest BCUT2D eigenvalue weighted by Gasteiger charge is -1.90. The number of carbonyl (C=O) groups is 1. The first-order valence-corrected chi connectivity index (χ1v) is 5.84. The van der Waals surface area contributed by atoms with Crippen molar-refractivity contribution >= 4 is 17.7 Å². The van der Waals surface area contributed by atoms with Crippen LogP contribution in [0.15, 0.2) is 48.5 Å². The number of nitro groups is 2. The molecular formula is C14H12N2O5. The third kappa shape index (κ3) is 5.19. The molecule has 0 amide bonds. The largest absolute Gasteiger partial charge is 0.298 e. The average molecular weight is 288 g/mol. The van der Waals surface area contributed by atoms with Gasteiger partial charge < -0.3 is 0 Å². The Morgan fingerprint density at radius 1 is 0.810 bits per heavy atom. The molecule has 0 N–H and O–H groups in total. The second-order valence-electron chi connectivity index (χ2n) is 4.06. The Labute approximate surface area is 120 Å². The lowest BCUT2D eigenvalue weighted by atomic mass is 10.2. The summed E-state index contributed by atoms with van der Waals surface area (Å²) in [7, 11) is 0. The zero-order valence-corrected chi connectivity index (χ0v) is 11.1. The Kier molecular flexibility index (Phi) is 5.69. The van der Waals surface area contributed by atoms with Crippen LogP contribution in [0, 0.1) is 27.2 Å². The van der Waals surface area contributed by atoms with Crippen LogP contribution >= 0.6 is 0 Å². The highest BCUT2D eigenvalue weighted by atomic mass is 16.6. The topological polar surface area (TPSA) is 103 Å². The van der Waals surface area contributed by atoms with Gasteiger partial charge in [-0.25, -0.2) is 0 Å². The van der Waals surface area contributed by atoms with E-state index in [9.17, 15) is 25.0 Å². The van der Waals surface area contributed by atoms with Gasteiger partial charge >= 0.3 is 0 Å². The van der Waals surface area contributed by atoms with Crippen molar-refractivity contribution in [2.75, 3.05) is 0 Å². The van der Waals surface area contributed by atoms with Gasteiger partial charge in [-0.15, -0.1) is 0 Å². The van der Waals surface area contributed by atoms with E-state index in [-0.39, 0.29) is 11.4 Å². The number of hydrogen-bond donors (Lipinski definition) is 0. The molecule has 2 rings (SSSR count). The molecule has 0 aliphatic heterocycles. The molecule has 0 aliphatic rings. The molecule has 0 heterocycles. The minimum atomic E-state index is -0.505. The van der Waals surface area contributed by atoms with Gasteiger partial charge in [0.25, 0.3) is 11.4 Å². The van der Waals surface area contributed by atoms with E-state index >= 15 is 0 Å². The van der Waals surface area contributed by atoms with Gasteiger partial charge in [0.2, 0.25) is 0 Å². The van der Waals surface area contributed by atoms with E-state index in [4.69, 9.17) is 0 Å². The number of hydrogen-bond acceptors (Lipinski definition) is 5. The first kappa shape index (κ1) is 16.0. The fourth-order valence-electron chi connectivity index (χ4n) is 1.34. The number of nitro benzene ring substituents is 2. The number of rotatable bonds is 3. The van der Waals surface area contributed by atoms with Gasteiger partial charge in [0, 0.05) is 29.8 Å². The van der Waals surface area contributed by atoms with Crippen molar-refractivity contribution in [1.29, 1.82) is 0 Å². The minimum Gasteiger partial charge on any atom is -0.298 e. The lowest BCUT2D eigenvalue weighted by molar-refractivity contribution is -0.385. The fourth-order valence-corrected chi connectivity index (χ4v) is 1.34. The molecule has 108 valence electrons. The maximum atomic E-state index is 10.1. The lowest BCUT2D eigenvalue weighted by Crippen LogP contribution is -1.87. The van der Waals surface area contributed by atoms with Crippen LogP contribution in [0.2, 0.25) is 0 Å². The summed E-state index contributed by atoms with van der Waals surface area (Å²) in [6, 6.07) is 11.8. The molecule has 0 aliphatic carbocycles. The number of aldehydes is 1. The molecule has 0 saturated heterocycles. The third-order valence-electron chi connectivity index (χ3n) is 2.48. The summed E-state index contributed by atoms with van der Waals surface area (Å²) in [6.45, 7) is 1.89. The summed E-state index contributed by atoms with van der Waals surface area (Å²) in [6.07, 6.45) is 0.643. The van der Waals surface area contributed by atoms with E-state index < -0.39 is 9.85 Å². The van der Waals surface area contributed by atoms with Crippen LogP contribution in [0.3, 0.4) is 0 Å². The molecule has 0 saturated carbocycles. The Morgan fingerprint density at radius 3 is 1.52 bits per heavy atom. The Balaban J connectivity index is 0.000000211. The van der Waals surface area contributed by atoms with Crippen LogP contribution < -0.4 is 0 Å². The zero-order valence-electron chi connectivity index (χ0n) is 11.1. The fraction of sp³-hybridized carbons (Fsp3) is 0.0714. The average Bonchev–Trinajstić information content (AvgIpc) is 2.48. The maximum Gasteiger partial charge on any atom is 0.269 e. The summed E-state index contributed by atoms with van der Waals surface area (Å²) < 4.78 is 0. The highest BCUT2D eigenvalue weighted by Gasteiger charge is 2.02. The molecular weight excluding hydrogens is 276 g/mol. The second-order valence-corrected chi connectivity index (χ2v) is 4.06. The van der Waals surface area contributed by atoms with E-state index in [1.165, 1.54) is 36.4 Å². The van der Waals surface area contributed by atoms with Crippen molar-refractivity contribution in [3.63, 3.8) is 0 Å². The summed E-state index contributed by atoms with van der Waals surface area (Å²) in [5.74, 6) is 0. The number of aryl methyl sites for hydroxylation is 1. The minimum absolute atomic E-state index is 0.00407. The number of benzene rings is 2. The SMILES string of the molecule is Cc1ccc([N+](=O)[O-])cc1.O=Cc1ccc([N+](=O)[O-])cc1. The van der Waals surface area contributed by atoms with Crippen LogP contribution in [-0.4, -0.2) is 16.1 Å². The molecule has 0 bridgehead atoms. The molecule has 2 aromatic rings. The molecule has 7 heteroatoms. The second kappa shape index (κ2) is 7.49. The van der Waals surface area contributed by atoms with Crippen molar-refractivity contribution in [1.82, 2.24) is 0 Å². The van der Waals surface area contributed by atoms with Crippen LogP contribution in [0.5, 0.6) is 0 Å². The van der Waals surface area contributed by atoms with Crippen LogP contribution in [0.1, 0.15) is 15.9 Å². The monoisotopic (exact) mass is 288 g/mol. The van der Waals surface area contributed by atoms with Crippen molar-refractivity contribution in [3.05, 3.63) is 79.9 Å². The number of nitrogens with zero attached hydrogens (tertiary/aromatic N) is 2. The molecule has 0 aromatic heterocycles. The normalized spacial score (nSPS) is 9.19.